The van der Waals surface area contributed by atoms with E-state index in [1.165, 1.54) is 0 Å². The van der Waals surface area contributed by atoms with Gasteiger partial charge in [-0.1, -0.05) is 0 Å². The van der Waals surface area contributed by atoms with Gasteiger partial charge in [0.1, 0.15) is 0 Å². The molecular formula is C5H10KNO2. The monoisotopic (exact) mass is 155 g/mol. The molecule has 0 amide bonds. The van der Waals surface area contributed by atoms with Crippen molar-refractivity contribution in [3.8, 4) is 0 Å². The number of hydrogen-bond donors (Lipinski definition) is 1. The minimum absolute atomic E-state index is 0. The Labute approximate surface area is 97.4 Å². The zero-order chi connectivity index (χ0) is 6.78. The molecule has 0 bridgehead atoms. The van der Waals surface area contributed by atoms with Crippen LogP contribution >= 0.6 is 0 Å². The number of hydrogen-bond acceptors (Lipinski definition) is 3. The standard InChI is InChI=1S/C5H11NO2.K/c1-5(2,6)3-4(7)8;/h3,6H2,1-2H3,(H,7,8);/q;+1/p-1. The molecule has 0 atom stereocenters. The third-order valence-electron chi connectivity index (χ3n) is 0.600. The first-order valence-electron chi connectivity index (χ1n) is 2.40. The number of carbonyl (C=O) groups excluding carboxylic acids is 1. The molecule has 0 saturated carbocycles. The minimum atomic E-state index is -1.10. The minimum Gasteiger partial charge on any atom is -0.550 e. The normalized spacial score (nSPS) is 10.1. The molecule has 0 aromatic carbocycles. The first-order chi connectivity index (χ1) is 3.42. The van der Waals surface area contributed by atoms with Crippen molar-refractivity contribution >= 4 is 5.97 Å². The zero-order valence-electron chi connectivity index (χ0n) is 6.10. The van der Waals surface area contributed by atoms with Crippen molar-refractivity contribution in [1.29, 1.82) is 0 Å². The Morgan fingerprint density at radius 2 is 2.00 bits per heavy atom. The van der Waals surface area contributed by atoms with E-state index < -0.39 is 11.5 Å². The fraction of sp³-hybridized carbons (Fsp3) is 0.800. The van der Waals surface area contributed by atoms with Gasteiger partial charge in [0.15, 0.2) is 0 Å². The van der Waals surface area contributed by atoms with E-state index in [1.54, 1.807) is 13.8 Å². The summed E-state index contributed by atoms with van der Waals surface area (Å²) in [5.41, 5.74) is 4.68. The van der Waals surface area contributed by atoms with Crippen LogP contribution < -0.4 is 62.2 Å². The second kappa shape index (κ2) is 4.82. The quantitative estimate of drug-likeness (QED) is 0.412. The summed E-state index contributed by atoms with van der Waals surface area (Å²) in [4.78, 5) is 9.82. The second-order valence-electron chi connectivity index (χ2n) is 2.54. The van der Waals surface area contributed by atoms with E-state index in [4.69, 9.17) is 5.73 Å². The van der Waals surface area contributed by atoms with Gasteiger partial charge in [0.2, 0.25) is 0 Å². The van der Waals surface area contributed by atoms with Gasteiger partial charge >= 0.3 is 51.4 Å². The number of aliphatic carboxylic acids is 1. The Morgan fingerprint density at radius 3 is 2.00 bits per heavy atom. The average molecular weight is 155 g/mol. The molecule has 0 saturated heterocycles. The van der Waals surface area contributed by atoms with Gasteiger partial charge < -0.3 is 15.6 Å². The van der Waals surface area contributed by atoms with E-state index >= 15 is 0 Å². The predicted molar refractivity (Wildman–Crippen MR) is 27.9 cm³/mol. The Bertz CT molecular complexity index is 97.6. The van der Waals surface area contributed by atoms with Crippen molar-refractivity contribution in [2.24, 2.45) is 5.73 Å². The maximum Gasteiger partial charge on any atom is 1.00 e. The van der Waals surface area contributed by atoms with Crippen LogP contribution in [-0.2, 0) is 4.79 Å². The van der Waals surface area contributed by atoms with Gasteiger partial charge in [0.05, 0.1) is 0 Å². The summed E-state index contributed by atoms with van der Waals surface area (Å²) >= 11 is 0. The fourth-order valence-corrected chi connectivity index (χ4v) is 0.372. The van der Waals surface area contributed by atoms with Crippen LogP contribution in [0.5, 0.6) is 0 Å². The van der Waals surface area contributed by atoms with Gasteiger partial charge in [-0.15, -0.1) is 0 Å². The molecule has 0 rings (SSSR count). The van der Waals surface area contributed by atoms with Gasteiger partial charge in [-0.05, 0) is 13.8 Å². The van der Waals surface area contributed by atoms with Crippen LogP contribution in [0, 0.1) is 0 Å². The molecule has 0 unspecified atom stereocenters. The molecule has 4 heteroatoms. The number of carboxylic acid groups (broad SMARTS) is 1. The van der Waals surface area contributed by atoms with Crippen LogP contribution in [0.25, 0.3) is 0 Å². The fourth-order valence-electron chi connectivity index (χ4n) is 0.372. The molecule has 0 aliphatic heterocycles. The van der Waals surface area contributed by atoms with Crippen molar-refractivity contribution < 1.29 is 61.3 Å². The van der Waals surface area contributed by atoms with Gasteiger partial charge in [0.25, 0.3) is 0 Å². The molecule has 48 valence electrons. The molecule has 0 aliphatic carbocycles. The molecule has 3 nitrogen and oxygen atoms in total. The summed E-state index contributed by atoms with van der Waals surface area (Å²) in [5, 5.41) is 9.82. The van der Waals surface area contributed by atoms with Crippen LogP contribution in [0.4, 0.5) is 0 Å². The van der Waals surface area contributed by atoms with Gasteiger partial charge in [0, 0.05) is 17.9 Å². The molecule has 0 radical (unpaired) electrons. The summed E-state index contributed by atoms with van der Waals surface area (Å²) in [6.45, 7) is 3.28. The van der Waals surface area contributed by atoms with Crippen LogP contribution in [0.1, 0.15) is 20.3 Å². The molecule has 9 heavy (non-hydrogen) atoms. The SMILES string of the molecule is CC(C)(N)CC(=O)[O-].[K+]. The molecule has 2 N–H and O–H groups in total. The Balaban J connectivity index is 0. The predicted octanol–water partition coefficient (Wildman–Crippen LogP) is -4.13. The molecule has 0 aromatic rings. The number of rotatable bonds is 2. The summed E-state index contributed by atoms with van der Waals surface area (Å²) in [6.07, 6.45) is -0.0903. The maximum absolute atomic E-state index is 9.82. The second-order valence-corrected chi connectivity index (χ2v) is 2.54. The van der Waals surface area contributed by atoms with E-state index in [0.717, 1.165) is 0 Å². The largest absolute Gasteiger partial charge is 1.00 e. The maximum atomic E-state index is 9.82. The van der Waals surface area contributed by atoms with Crippen LogP contribution in [-0.4, -0.2) is 11.5 Å². The van der Waals surface area contributed by atoms with E-state index in [1.807, 2.05) is 0 Å². The smallest absolute Gasteiger partial charge is 0.550 e. The third kappa shape index (κ3) is 12.3. The van der Waals surface area contributed by atoms with Crippen molar-refractivity contribution in [3.63, 3.8) is 0 Å². The summed E-state index contributed by atoms with van der Waals surface area (Å²) < 4.78 is 0. The van der Waals surface area contributed by atoms with E-state index in [0.29, 0.717) is 0 Å². The first-order valence-corrected chi connectivity index (χ1v) is 2.40. The van der Waals surface area contributed by atoms with Crippen molar-refractivity contribution in [1.82, 2.24) is 0 Å². The molecular weight excluding hydrogens is 145 g/mol. The van der Waals surface area contributed by atoms with Gasteiger partial charge in [-0.25, -0.2) is 0 Å². The van der Waals surface area contributed by atoms with Gasteiger partial charge in [-0.3, -0.25) is 0 Å². The Kier molecular flexibility index (Phi) is 6.81. The first kappa shape index (κ1) is 12.7. The van der Waals surface area contributed by atoms with E-state index in [2.05, 4.69) is 0 Å². The number of carbonyl (C=O) groups is 1. The third-order valence-corrected chi connectivity index (χ3v) is 0.600. The number of carboxylic acids is 1. The summed E-state index contributed by atoms with van der Waals surface area (Å²) in [7, 11) is 0. The van der Waals surface area contributed by atoms with E-state index in [-0.39, 0.29) is 57.8 Å². The van der Waals surface area contributed by atoms with Crippen LogP contribution in [0.15, 0.2) is 0 Å². The molecule has 0 fully saturated rings. The number of nitrogens with two attached hydrogens (primary N) is 1. The molecule has 0 heterocycles. The molecule has 0 aliphatic rings. The van der Waals surface area contributed by atoms with Gasteiger partial charge in [-0.2, -0.15) is 0 Å². The zero-order valence-corrected chi connectivity index (χ0v) is 9.22. The van der Waals surface area contributed by atoms with E-state index in [9.17, 15) is 9.90 Å². The van der Waals surface area contributed by atoms with Crippen LogP contribution in [0.2, 0.25) is 0 Å². The van der Waals surface area contributed by atoms with Crippen molar-refractivity contribution in [2.75, 3.05) is 0 Å². The van der Waals surface area contributed by atoms with Crippen LogP contribution in [0.3, 0.4) is 0 Å². The summed E-state index contributed by atoms with van der Waals surface area (Å²) in [5.74, 6) is -1.10. The molecule has 0 spiro atoms. The average Bonchev–Trinajstić information content (AvgIpc) is 1.21. The molecule has 0 aromatic heterocycles. The Hall–Kier alpha value is 1.07. The Morgan fingerprint density at radius 1 is 1.67 bits per heavy atom. The van der Waals surface area contributed by atoms with Crippen molar-refractivity contribution in [2.45, 2.75) is 25.8 Å². The van der Waals surface area contributed by atoms with Crippen molar-refractivity contribution in [3.05, 3.63) is 0 Å². The summed E-state index contributed by atoms with van der Waals surface area (Å²) in [6, 6.07) is 0. The topological polar surface area (TPSA) is 66.2 Å².